The smallest absolute Gasteiger partial charge is 0.489 e. The van der Waals surface area contributed by atoms with Crippen molar-refractivity contribution in [3.8, 4) is 5.75 Å². The predicted octanol–water partition coefficient (Wildman–Crippen LogP) is 5.01. The first-order valence-electron chi connectivity index (χ1n) is 8.31. The first-order valence-corrected chi connectivity index (χ1v) is 9.06. The normalized spacial score (nSPS) is 18.2. The van der Waals surface area contributed by atoms with E-state index in [2.05, 4.69) is 0 Å². The Morgan fingerprint density at radius 3 is 2.15 bits per heavy atom. The van der Waals surface area contributed by atoms with E-state index in [-0.39, 0.29) is 6.61 Å². The summed E-state index contributed by atoms with van der Waals surface area (Å²) < 4.78 is 32.0. The van der Waals surface area contributed by atoms with Crippen LogP contribution in [0.4, 0.5) is 4.39 Å². The molecule has 138 valence electrons. The molecule has 0 aliphatic carbocycles. The van der Waals surface area contributed by atoms with Crippen molar-refractivity contribution in [2.75, 3.05) is 0 Å². The first kappa shape index (κ1) is 19.5. The molecule has 0 bridgehead atoms. The molecule has 0 aromatic heterocycles. The second kappa shape index (κ2) is 7.04. The highest BCUT2D eigenvalue weighted by molar-refractivity contribution is 6.63. The summed E-state index contributed by atoms with van der Waals surface area (Å²) in [5.74, 6) is 0.117. The number of hydrogen-bond donors (Lipinski definition) is 0. The van der Waals surface area contributed by atoms with Crippen LogP contribution < -0.4 is 10.2 Å². The van der Waals surface area contributed by atoms with E-state index in [9.17, 15) is 4.39 Å². The van der Waals surface area contributed by atoms with Crippen molar-refractivity contribution >= 4 is 35.8 Å². The highest BCUT2D eigenvalue weighted by Gasteiger charge is 2.52. The zero-order chi connectivity index (χ0) is 19.1. The fourth-order valence-corrected chi connectivity index (χ4v) is 2.94. The third kappa shape index (κ3) is 3.86. The average Bonchev–Trinajstić information content (AvgIpc) is 2.75. The molecule has 0 radical (unpaired) electrons. The Labute approximate surface area is 163 Å². The second-order valence-electron chi connectivity index (χ2n) is 7.29. The summed E-state index contributed by atoms with van der Waals surface area (Å²) >= 11 is 11.9. The van der Waals surface area contributed by atoms with Crippen molar-refractivity contribution in [2.45, 2.75) is 45.5 Å². The fraction of sp³-hybridized carbons (Fsp3) is 0.368. The summed E-state index contributed by atoms with van der Waals surface area (Å²) in [4.78, 5) is 0. The van der Waals surface area contributed by atoms with Crippen molar-refractivity contribution in [3.05, 3.63) is 57.8 Å². The standard InChI is InChI=1S/C19H20BCl2FO3/c1-18(2)19(3,4)26-20(25-18)15-9-13(21)7-8-17(15)24-11-12-5-6-14(22)10-16(12)23/h5-10H,11H2,1-4H3. The molecular formula is C19H20BCl2FO3. The summed E-state index contributed by atoms with van der Waals surface area (Å²) in [5.41, 5.74) is 0.105. The molecule has 1 saturated heterocycles. The molecule has 3 rings (SSSR count). The number of benzene rings is 2. The van der Waals surface area contributed by atoms with Gasteiger partial charge in [0.05, 0.1) is 11.2 Å². The van der Waals surface area contributed by atoms with Crippen LogP contribution in [0.25, 0.3) is 0 Å². The Hall–Kier alpha value is -1.27. The number of ether oxygens (including phenoxy) is 1. The van der Waals surface area contributed by atoms with Gasteiger partial charge in [-0.1, -0.05) is 29.3 Å². The van der Waals surface area contributed by atoms with Crippen molar-refractivity contribution in [1.29, 1.82) is 0 Å². The van der Waals surface area contributed by atoms with Crippen LogP contribution in [0.3, 0.4) is 0 Å². The van der Waals surface area contributed by atoms with E-state index in [1.165, 1.54) is 6.07 Å². The minimum Gasteiger partial charge on any atom is -0.489 e. The molecule has 0 atom stereocenters. The fourth-order valence-electron chi connectivity index (χ4n) is 2.60. The van der Waals surface area contributed by atoms with Crippen molar-refractivity contribution in [2.24, 2.45) is 0 Å². The molecule has 2 aromatic rings. The van der Waals surface area contributed by atoms with Gasteiger partial charge in [0.1, 0.15) is 18.2 Å². The van der Waals surface area contributed by atoms with Gasteiger partial charge >= 0.3 is 7.12 Å². The van der Waals surface area contributed by atoms with Gasteiger partial charge in [-0.05, 0) is 58.0 Å². The molecule has 0 N–H and O–H groups in total. The van der Waals surface area contributed by atoms with Gasteiger partial charge in [0.15, 0.2) is 0 Å². The Morgan fingerprint density at radius 2 is 1.54 bits per heavy atom. The molecular weight excluding hydrogens is 377 g/mol. The van der Waals surface area contributed by atoms with E-state index in [0.29, 0.717) is 26.8 Å². The number of halogens is 3. The number of hydrogen-bond acceptors (Lipinski definition) is 3. The molecule has 1 aliphatic rings. The summed E-state index contributed by atoms with van der Waals surface area (Å²) in [5, 5.41) is 0.885. The molecule has 0 amide bonds. The quantitative estimate of drug-likeness (QED) is 0.679. The minimum atomic E-state index is -0.622. The van der Waals surface area contributed by atoms with E-state index in [1.807, 2.05) is 27.7 Å². The molecule has 7 heteroatoms. The van der Waals surface area contributed by atoms with Crippen LogP contribution in [0.15, 0.2) is 36.4 Å². The monoisotopic (exact) mass is 396 g/mol. The van der Waals surface area contributed by atoms with Crippen LogP contribution in [0.2, 0.25) is 10.0 Å². The van der Waals surface area contributed by atoms with Crippen LogP contribution in [0.1, 0.15) is 33.3 Å². The van der Waals surface area contributed by atoms with Crippen LogP contribution >= 0.6 is 23.2 Å². The Kier molecular flexibility index (Phi) is 5.28. The lowest BCUT2D eigenvalue weighted by Gasteiger charge is -2.32. The van der Waals surface area contributed by atoms with Crippen molar-refractivity contribution < 1.29 is 18.4 Å². The molecule has 1 aliphatic heterocycles. The molecule has 0 saturated carbocycles. The zero-order valence-corrected chi connectivity index (χ0v) is 16.6. The first-order chi connectivity index (χ1) is 12.1. The SMILES string of the molecule is CC1(C)OB(c2cc(Cl)ccc2OCc2ccc(Cl)cc2F)OC1(C)C. The Morgan fingerprint density at radius 1 is 0.962 bits per heavy atom. The molecule has 0 unspecified atom stereocenters. The van der Waals surface area contributed by atoms with Gasteiger partial charge < -0.3 is 14.0 Å². The summed E-state index contributed by atoms with van der Waals surface area (Å²) in [6.45, 7) is 7.95. The summed E-state index contributed by atoms with van der Waals surface area (Å²) in [6, 6.07) is 9.68. The molecule has 3 nitrogen and oxygen atoms in total. The van der Waals surface area contributed by atoms with E-state index in [0.717, 1.165) is 0 Å². The van der Waals surface area contributed by atoms with Gasteiger partial charge in [0, 0.05) is 21.1 Å². The van der Waals surface area contributed by atoms with Crippen LogP contribution in [0.5, 0.6) is 5.75 Å². The Bertz CT molecular complexity index is 810. The van der Waals surface area contributed by atoms with Crippen molar-refractivity contribution in [1.82, 2.24) is 0 Å². The van der Waals surface area contributed by atoms with Gasteiger partial charge in [0.2, 0.25) is 0 Å². The van der Waals surface area contributed by atoms with Crippen LogP contribution in [0, 0.1) is 5.82 Å². The second-order valence-corrected chi connectivity index (χ2v) is 8.17. The predicted molar refractivity (Wildman–Crippen MR) is 103 cm³/mol. The van der Waals surface area contributed by atoms with Crippen LogP contribution in [-0.2, 0) is 15.9 Å². The van der Waals surface area contributed by atoms with Gasteiger partial charge in [-0.25, -0.2) is 4.39 Å². The molecule has 26 heavy (non-hydrogen) atoms. The van der Waals surface area contributed by atoms with E-state index in [4.69, 9.17) is 37.2 Å². The average molecular weight is 397 g/mol. The van der Waals surface area contributed by atoms with Gasteiger partial charge in [0.25, 0.3) is 0 Å². The molecule has 0 spiro atoms. The largest absolute Gasteiger partial charge is 0.498 e. The number of rotatable bonds is 4. The van der Waals surface area contributed by atoms with E-state index < -0.39 is 24.1 Å². The third-order valence-corrected chi connectivity index (χ3v) is 5.35. The summed E-state index contributed by atoms with van der Waals surface area (Å²) in [6.07, 6.45) is 0. The lowest BCUT2D eigenvalue weighted by Crippen LogP contribution is -2.41. The Balaban J connectivity index is 1.85. The van der Waals surface area contributed by atoms with E-state index in [1.54, 1.807) is 30.3 Å². The van der Waals surface area contributed by atoms with Gasteiger partial charge in [-0.3, -0.25) is 0 Å². The minimum absolute atomic E-state index is 0.0527. The maximum atomic E-state index is 14.0. The zero-order valence-electron chi connectivity index (χ0n) is 15.1. The van der Waals surface area contributed by atoms with E-state index >= 15 is 0 Å². The maximum Gasteiger partial charge on any atom is 0.498 e. The maximum absolute atomic E-state index is 14.0. The molecule has 1 heterocycles. The van der Waals surface area contributed by atoms with Crippen molar-refractivity contribution in [3.63, 3.8) is 0 Å². The van der Waals surface area contributed by atoms with Gasteiger partial charge in [-0.15, -0.1) is 0 Å². The highest BCUT2D eigenvalue weighted by Crippen LogP contribution is 2.37. The topological polar surface area (TPSA) is 27.7 Å². The molecule has 1 fully saturated rings. The van der Waals surface area contributed by atoms with Gasteiger partial charge in [-0.2, -0.15) is 0 Å². The van der Waals surface area contributed by atoms with Crippen LogP contribution in [-0.4, -0.2) is 18.3 Å². The lowest BCUT2D eigenvalue weighted by atomic mass is 9.78. The summed E-state index contributed by atoms with van der Waals surface area (Å²) in [7, 11) is -0.622. The lowest BCUT2D eigenvalue weighted by molar-refractivity contribution is 0.00578. The highest BCUT2D eigenvalue weighted by atomic mass is 35.5. The molecule has 2 aromatic carbocycles. The third-order valence-electron chi connectivity index (χ3n) is 4.88.